The Morgan fingerprint density at radius 2 is 2.22 bits per heavy atom. The fourth-order valence-corrected chi connectivity index (χ4v) is 1.73. The molecule has 0 radical (unpaired) electrons. The van der Waals surface area contributed by atoms with E-state index in [2.05, 4.69) is 24.0 Å². The predicted octanol–water partition coefficient (Wildman–Crippen LogP) is 3.12. The summed E-state index contributed by atoms with van der Waals surface area (Å²) in [5.74, 6) is 0.955. The topological polar surface area (TPSA) is 34.4 Å². The molecule has 0 saturated heterocycles. The van der Waals surface area contributed by atoms with Crippen molar-refractivity contribution in [2.45, 2.75) is 13.5 Å². The molecule has 0 aliphatic heterocycles. The quantitative estimate of drug-likeness (QED) is 0.601. The van der Waals surface area contributed by atoms with Gasteiger partial charge in [-0.2, -0.15) is 0 Å². The molecule has 0 atom stereocenters. The summed E-state index contributed by atoms with van der Waals surface area (Å²) in [5.41, 5.74) is 1.99. The zero-order chi connectivity index (χ0) is 12.8. The second-order valence-corrected chi connectivity index (χ2v) is 4.44. The van der Waals surface area contributed by atoms with Crippen molar-refractivity contribution in [2.24, 2.45) is 0 Å². The minimum Gasteiger partial charge on any atom is -0.460 e. The second-order valence-electron chi connectivity index (χ2n) is 4.44. The molecule has 0 unspecified atom stereocenters. The molecule has 0 spiro atoms. The number of para-hydroxylation sites is 1. The molecule has 1 aromatic heterocycles. The molecule has 3 nitrogen and oxygen atoms in total. The van der Waals surface area contributed by atoms with Crippen LogP contribution in [0.2, 0.25) is 0 Å². The second kappa shape index (κ2) is 6.38. The molecule has 0 fully saturated rings. The molecule has 1 heterocycles. The molecule has 0 amide bonds. The van der Waals surface area contributed by atoms with Crippen LogP contribution in [0, 0.1) is 0 Å². The highest BCUT2D eigenvalue weighted by Gasteiger charge is 2.01. The average molecular weight is 245 g/mol. The van der Waals surface area contributed by atoms with Gasteiger partial charge in [0.1, 0.15) is 11.3 Å². The van der Waals surface area contributed by atoms with E-state index < -0.39 is 0 Å². The number of furan rings is 1. The van der Waals surface area contributed by atoms with E-state index in [4.69, 9.17) is 9.15 Å². The first-order valence-corrected chi connectivity index (χ1v) is 6.16. The summed E-state index contributed by atoms with van der Waals surface area (Å²) in [7, 11) is 0. The summed E-state index contributed by atoms with van der Waals surface area (Å²) in [6.45, 7) is 8.60. The third kappa shape index (κ3) is 3.72. The monoisotopic (exact) mass is 245 g/mol. The highest BCUT2D eigenvalue weighted by molar-refractivity contribution is 5.77. The van der Waals surface area contributed by atoms with Crippen LogP contribution in [0.15, 0.2) is 46.9 Å². The molecule has 0 aliphatic carbocycles. The highest BCUT2D eigenvalue weighted by atomic mass is 16.5. The highest BCUT2D eigenvalue weighted by Crippen LogP contribution is 2.18. The van der Waals surface area contributed by atoms with Crippen molar-refractivity contribution in [3.05, 3.63) is 48.2 Å². The Balaban J connectivity index is 1.72. The average Bonchev–Trinajstić information content (AvgIpc) is 2.75. The van der Waals surface area contributed by atoms with Crippen molar-refractivity contribution in [3.63, 3.8) is 0 Å². The number of ether oxygens (including phenoxy) is 1. The first kappa shape index (κ1) is 12.9. The van der Waals surface area contributed by atoms with Gasteiger partial charge in [0.15, 0.2) is 0 Å². The molecular formula is C15H19NO2. The molecule has 1 aromatic carbocycles. The van der Waals surface area contributed by atoms with Gasteiger partial charge in [-0.1, -0.05) is 30.4 Å². The first-order chi connectivity index (χ1) is 8.75. The van der Waals surface area contributed by atoms with Crippen molar-refractivity contribution in [1.82, 2.24) is 5.32 Å². The lowest BCUT2D eigenvalue weighted by Gasteiger charge is -2.04. The summed E-state index contributed by atoms with van der Waals surface area (Å²) in [6, 6.07) is 10.1. The van der Waals surface area contributed by atoms with Crippen molar-refractivity contribution in [1.29, 1.82) is 0 Å². The van der Waals surface area contributed by atoms with Gasteiger partial charge in [0.2, 0.25) is 0 Å². The zero-order valence-corrected chi connectivity index (χ0v) is 10.7. The van der Waals surface area contributed by atoms with Crippen molar-refractivity contribution >= 4 is 11.0 Å². The summed E-state index contributed by atoms with van der Waals surface area (Å²) < 4.78 is 11.1. The molecule has 0 saturated carbocycles. The molecule has 0 bridgehead atoms. The van der Waals surface area contributed by atoms with Crippen molar-refractivity contribution < 1.29 is 9.15 Å². The standard InChI is InChI=1S/C15H19NO2/c1-12(2)11-17-8-7-16-10-14-9-13-5-3-4-6-15(13)18-14/h3-6,9,16H,1,7-8,10-11H2,2H3. The van der Waals surface area contributed by atoms with Crippen LogP contribution < -0.4 is 5.32 Å². The Morgan fingerprint density at radius 3 is 3.00 bits per heavy atom. The largest absolute Gasteiger partial charge is 0.460 e. The minimum atomic E-state index is 0.631. The third-order valence-corrected chi connectivity index (χ3v) is 2.55. The lowest BCUT2D eigenvalue weighted by molar-refractivity contribution is 0.157. The van der Waals surface area contributed by atoms with Gasteiger partial charge >= 0.3 is 0 Å². The number of benzene rings is 1. The predicted molar refractivity (Wildman–Crippen MR) is 73.6 cm³/mol. The lowest BCUT2D eigenvalue weighted by atomic mass is 10.2. The number of hydrogen-bond acceptors (Lipinski definition) is 3. The molecule has 0 aliphatic rings. The lowest BCUT2D eigenvalue weighted by Crippen LogP contribution is -2.19. The van der Waals surface area contributed by atoms with Crippen LogP contribution >= 0.6 is 0 Å². The molecule has 3 heteroatoms. The van der Waals surface area contributed by atoms with E-state index in [0.717, 1.165) is 35.4 Å². The maximum absolute atomic E-state index is 5.70. The summed E-state index contributed by atoms with van der Waals surface area (Å²) in [6.07, 6.45) is 0. The van der Waals surface area contributed by atoms with Gasteiger partial charge in [0.25, 0.3) is 0 Å². The van der Waals surface area contributed by atoms with E-state index in [-0.39, 0.29) is 0 Å². The summed E-state index contributed by atoms with van der Waals surface area (Å²) in [5, 5.41) is 4.43. The normalized spacial score (nSPS) is 10.9. The maximum Gasteiger partial charge on any atom is 0.134 e. The minimum absolute atomic E-state index is 0.631. The van der Waals surface area contributed by atoms with Gasteiger partial charge in [-0.3, -0.25) is 0 Å². The fraction of sp³-hybridized carbons (Fsp3) is 0.333. The van der Waals surface area contributed by atoms with E-state index in [1.165, 1.54) is 0 Å². The van der Waals surface area contributed by atoms with E-state index in [0.29, 0.717) is 13.2 Å². The van der Waals surface area contributed by atoms with Crippen molar-refractivity contribution in [3.8, 4) is 0 Å². The van der Waals surface area contributed by atoms with Gasteiger partial charge in [0, 0.05) is 11.9 Å². The molecule has 18 heavy (non-hydrogen) atoms. The van der Waals surface area contributed by atoms with Gasteiger partial charge < -0.3 is 14.5 Å². The molecular weight excluding hydrogens is 226 g/mol. The van der Waals surface area contributed by atoms with E-state index in [9.17, 15) is 0 Å². The Labute approximate surface area is 107 Å². The number of nitrogens with one attached hydrogen (secondary N) is 1. The van der Waals surface area contributed by atoms with Crippen molar-refractivity contribution in [2.75, 3.05) is 19.8 Å². The van der Waals surface area contributed by atoms with Crippen LogP contribution in [0.5, 0.6) is 0 Å². The fourth-order valence-electron chi connectivity index (χ4n) is 1.73. The van der Waals surface area contributed by atoms with Crippen LogP contribution in [-0.4, -0.2) is 19.8 Å². The number of fused-ring (bicyclic) bond motifs is 1. The summed E-state index contributed by atoms with van der Waals surface area (Å²) in [4.78, 5) is 0. The smallest absolute Gasteiger partial charge is 0.134 e. The molecule has 1 N–H and O–H groups in total. The maximum atomic E-state index is 5.70. The van der Waals surface area contributed by atoms with E-state index >= 15 is 0 Å². The van der Waals surface area contributed by atoms with E-state index in [1.807, 2.05) is 25.1 Å². The van der Waals surface area contributed by atoms with Gasteiger partial charge in [-0.25, -0.2) is 0 Å². The number of hydrogen-bond donors (Lipinski definition) is 1. The van der Waals surface area contributed by atoms with Crippen LogP contribution in [0.25, 0.3) is 11.0 Å². The zero-order valence-electron chi connectivity index (χ0n) is 10.7. The van der Waals surface area contributed by atoms with E-state index in [1.54, 1.807) is 0 Å². The molecule has 96 valence electrons. The van der Waals surface area contributed by atoms with Gasteiger partial charge in [-0.05, 0) is 19.1 Å². The van der Waals surface area contributed by atoms with Crippen LogP contribution in [0.1, 0.15) is 12.7 Å². The van der Waals surface area contributed by atoms with Crippen LogP contribution in [0.3, 0.4) is 0 Å². The number of rotatable bonds is 7. The third-order valence-electron chi connectivity index (χ3n) is 2.55. The molecule has 2 rings (SSSR count). The Bertz CT molecular complexity index is 483. The Hall–Kier alpha value is -1.58. The van der Waals surface area contributed by atoms with Gasteiger partial charge in [-0.15, -0.1) is 0 Å². The van der Waals surface area contributed by atoms with Crippen LogP contribution in [0.4, 0.5) is 0 Å². The first-order valence-electron chi connectivity index (χ1n) is 6.16. The van der Waals surface area contributed by atoms with Crippen LogP contribution in [-0.2, 0) is 11.3 Å². The Kier molecular flexibility index (Phi) is 4.56. The molecule has 2 aromatic rings. The van der Waals surface area contributed by atoms with Gasteiger partial charge in [0.05, 0.1) is 19.8 Å². The SMILES string of the molecule is C=C(C)COCCNCc1cc2ccccc2o1. The Morgan fingerprint density at radius 1 is 1.39 bits per heavy atom. The summed E-state index contributed by atoms with van der Waals surface area (Å²) >= 11 is 0.